The Morgan fingerprint density at radius 3 is 2.87 bits per heavy atom. The second-order valence-corrected chi connectivity index (χ2v) is 11.3. The summed E-state index contributed by atoms with van der Waals surface area (Å²) in [6.45, 7) is 4.73. The highest BCUT2D eigenvalue weighted by Crippen LogP contribution is 2.49. The van der Waals surface area contributed by atoms with Crippen LogP contribution in [0.15, 0.2) is 9.95 Å². The van der Waals surface area contributed by atoms with Crippen LogP contribution in [-0.4, -0.2) is 27.3 Å². The molecule has 0 aromatic carbocycles. The molecule has 4 atom stereocenters. The Bertz CT molecular complexity index is 1030. The van der Waals surface area contributed by atoms with E-state index in [2.05, 4.69) is 12.2 Å². The number of hydrogen-bond donors (Lipinski definition) is 1. The van der Waals surface area contributed by atoms with E-state index in [4.69, 9.17) is 4.98 Å². The minimum absolute atomic E-state index is 0.0535. The molecule has 5 rings (SSSR count). The maximum atomic E-state index is 13.2. The fourth-order valence-corrected chi connectivity index (χ4v) is 8.22. The molecular weight excluding hydrogens is 414 g/mol. The van der Waals surface area contributed by atoms with Crippen molar-refractivity contribution in [1.82, 2.24) is 14.9 Å². The van der Waals surface area contributed by atoms with Crippen molar-refractivity contribution in [3.8, 4) is 0 Å². The topological polar surface area (TPSA) is 64.0 Å². The van der Waals surface area contributed by atoms with Crippen LogP contribution < -0.4 is 10.9 Å². The summed E-state index contributed by atoms with van der Waals surface area (Å²) >= 11 is 3.08. The van der Waals surface area contributed by atoms with Gasteiger partial charge in [0, 0.05) is 17.5 Å². The zero-order valence-corrected chi connectivity index (χ0v) is 19.5. The molecule has 7 heteroatoms. The molecule has 2 fully saturated rings. The fraction of sp³-hybridized carbons (Fsp3) is 0.696. The second-order valence-electron chi connectivity index (χ2n) is 9.32. The van der Waals surface area contributed by atoms with Crippen LogP contribution in [0.3, 0.4) is 0 Å². The smallest absolute Gasteiger partial charge is 0.263 e. The molecule has 2 aromatic heterocycles. The molecule has 2 saturated carbocycles. The van der Waals surface area contributed by atoms with Gasteiger partial charge in [-0.15, -0.1) is 11.3 Å². The van der Waals surface area contributed by atoms with Crippen LogP contribution in [-0.2, 0) is 24.2 Å². The van der Waals surface area contributed by atoms with Crippen LogP contribution in [0.2, 0.25) is 0 Å². The zero-order valence-electron chi connectivity index (χ0n) is 17.9. The van der Waals surface area contributed by atoms with Crippen molar-refractivity contribution in [2.75, 3.05) is 5.75 Å². The fourth-order valence-electron chi connectivity index (χ4n) is 6.05. The Morgan fingerprint density at radius 1 is 1.30 bits per heavy atom. The lowest BCUT2D eigenvalue weighted by Gasteiger charge is -2.28. The quantitative estimate of drug-likeness (QED) is 0.529. The average molecular weight is 446 g/mol. The summed E-state index contributed by atoms with van der Waals surface area (Å²) in [5, 5.41) is 4.74. The molecule has 2 heterocycles. The van der Waals surface area contributed by atoms with E-state index in [1.54, 1.807) is 15.9 Å². The standard InChI is InChI=1S/C23H31N3O2S2/c1-3-26-22(28)20-16-6-4-5-7-18(16)30-21(20)25-23(26)29-12-19(27)24-13(2)17-11-14-8-9-15(17)10-14/h13-15,17H,3-12H2,1-2H3,(H,24,27). The number of nitrogens with zero attached hydrogens (tertiary/aromatic N) is 2. The number of aromatic nitrogens is 2. The van der Waals surface area contributed by atoms with Crippen molar-refractivity contribution >= 4 is 39.2 Å². The molecule has 4 unspecified atom stereocenters. The third-order valence-electron chi connectivity index (χ3n) is 7.51. The Balaban J connectivity index is 1.30. The number of nitrogens with one attached hydrogen (secondary N) is 1. The third kappa shape index (κ3) is 3.62. The van der Waals surface area contributed by atoms with Crippen molar-refractivity contribution in [3.63, 3.8) is 0 Å². The van der Waals surface area contributed by atoms with Gasteiger partial charge in [0.1, 0.15) is 4.83 Å². The van der Waals surface area contributed by atoms with E-state index in [1.165, 1.54) is 54.3 Å². The normalized spacial score (nSPS) is 26.1. The first-order valence-corrected chi connectivity index (χ1v) is 13.3. The highest BCUT2D eigenvalue weighted by atomic mass is 32.2. The number of thiophene rings is 1. The van der Waals surface area contributed by atoms with Crippen molar-refractivity contribution in [2.24, 2.45) is 17.8 Å². The van der Waals surface area contributed by atoms with Gasteiger partial charge in [0.25, 0.3) is 5.56 Å². The molecule has 0 radical (unpaired) electrons. The summed E-state index contributed by atoms with van der Waals surface area (Å²) in [7, 11) is 0. The van der Waals surface area contributed by atoms with Gasteiger partial charge in [-0.2, -0.15) is 0 Å². The van der Waals surface area contributed by atoms with Gasteiger partial charge < -0.3 is 5.32 Å². The van der Waals surface area contributed by atoms with E-state index in [0.717, 1.165) is 41.3 Å². The van der Waals surface area contributed by atoms with Crippen LogP contribution in [0.5, 0.6) is 0 Å². The summed E-state index contributed by atoms with van der Waals surface area (Å²) in [6.07, 6.45) is 9.76. The van der Waals surface area contributed by atoms with E-state index < -0.39 is 0 Å². The summed E-state index contributed by atoms with van der Waals surface area (Å²) in [5.74, 6) is 2.70. The van der Waals surface area contributed by atoms with Crippen LogP contribution in [0.25, 0.3) is 10.2 Å². The zero-order chi connectivity index (χ0) is 20.8. The summed E-state index contributed by atoms with van der Waals surface area (Å²) in [5.41, 5.74) is 1.30. The molecule has 1 amide bonds. The molecule has 0 spiro atoms. The van der Waals surface area contributed by atoms with Crippen LogP contribution >= 0.6 is 23.1 Å². The Labute approximate surface area is 186 Å². The van der Waals surface area contributed by atoms with Crippen LogP contribution in [0.1, 0.15) is 62.8 Å². The molecule has 5 nitrogen and oxygen atoms in total. The molecule has 3 aliphatic carbocycles. The number of carbonyl (C=O) groups excluding carboxylic acids is 1. The molecule has 0 aliphatic heterocycles. The highest BCUT2D eigenvalue weighted by molar-refractivity contribution is 7.99. The number of aryl methyl sites for hydroxylation is 2. The Kier molecular flexibility index (Phi) is 5.69. The molecule has 2 bridgehead atoms. The molecule has 1 N–H and O–H groups in total. The maximum Gasteiger partial charge on any atom is 0.263 e. The molecule has 0 saturated heterocycles. The number of rotatable bonds is 6. The van der Waals surface area contributed by atoms with E-state index in [-0.39, 0.29) is 17.5 Å². The first-order valence-electron chi connectivity index (χ1n) is 11.5. The highest BCUT2D eigenvalue weighted by Gasteiger charge is 2.42. The Morgan fingerprint density at radius 2 is 2.13 bits per heavy atom. The lowest BCUT2D eigenvalue weighted by Crippen LogP contribution is -2.41. The van der Waals surface area contributed by atoms with Gasteiger partial charge in [-0.25, -0.2) is 4.98 Å². The van der Waals surface area contributed by atoms with Gasteiger partial charge in [0.05, 0.1) is 11.1 Å². The van der Waals surface area contributed by atoms with Crippen molar-refractivity contribution < 1.29 is 4.79 Å². The summed E-state index contributed by atoms with van der Waals surface area (Å²) < 4.78 is 1.75. The van der Waals surface area contributed by atoms with E-state index in [9.17, 15) is 9.59 Å². The van der Waals surface area contributed by atoms with Crippen molar-refractivity contribution in [1.29, 1.82) is 0 Å². The number of carbonyl (C=O) groups is 1. The summed E-state index contributed by atoms with van der Waals surface area (Å²) in [4.78, 5) is 32.9. The molecular formula is C23H31N3O2S2. The van der Waals surface area contributed by atoms with Crippen LogP contribution in [0.4, 0.5) is 0 Å². The second kappa shape index (κ2) is 8.30. The van der Waals surface area contributed by atoms with Gasteiger partial charge in [-0.1, -0.05) is 18.2 Å². The average Bonchev–Trinajstić information content (AvgIpc) is 3.45. The van der Waals surface area contributed by atoms with Crippen LogP contribution in [0, 0.1) is 17.8 Å². The van der Waals surface area contributed by atoms with Crippen molar-refractivity contribution in [3.05, 3.63) is 20.8 Å². The predicted octanol–water partition coefficient (Wildman–Crippen LogP) is 4.39. The van der Waals surface area contributed by atoms with E-state index in [1.807, 2.05) is 6.92 Å². The first-order chi connectivity index (χ1) is 14.5. The number of thioether (sulfide) groups is 1. The monoisotopic (exact) mass is 445 g/mol. The Hall–Kier alpha value is -1.34. The lowest BCUT2D eigenvalue weighted by atomic mass is 9.84. The minimum Gasteiger partial charge on any atom is -0.353 e. The van der Waals surface area contributed by atoms with Gasteiger partial charge in [-0.05, 0) is 82.1 Å². The van der Waals surface area contributed by atoms with Gasteiger partial charge in [0.2, 0.25) is 5.91 Å². The van der Waals surface area contributed by atoms with Gasteiger partial charge in [0.15, 0.2) is 5.16 Å². The SMILES string of the molecule is CCn1c(SCC(=O)NC(C)C2CC3CCC2C3)nc2sc3c(c2c1=O)CCCC3. The predicted molar refractivity (Wildman–Crippen MR) is 123 cm³/mol. The first kappa shape index (κ1) is 20.6. The largest absolute Gasteiger partial charge is 0.353 e. The lowest BCUT2D eigenvalue weighted by molar-refractivity contribution is -0.119. The van der Waals surface area contributed by atoms with Gasteiger partial charge >= 0.3 is 0 Å². The number of hydrogen-bond acceptors (Lipinski definition) is 5. The van der Waals surface area contributed by atoms with E-state index >= 15 is 0 Å². The third-order valence-corrected chi connectivity index (χ3v) is 9.67. The minimum atomic E-state index is 0.0535. The maximum absolute atomic E-state index is 13.2. The van der Waals surface area contributed by atoms with E-state index in [0.29, 0.717) is 23.4 Å². The molecule has 3 aliphatic rings. The number of fused-ring (bicyclic) bond motifs is 5. The van der Waals surface area contributed by atoms with Gasteiger partial charge in [-0.3, -0.25) is 14.2 Å². The molecule has 162 valence electrons. The number of amides is 1. The van der Waals surface area contributed by atoms with Crippen molar-refractivity contribution in [2.45, 2.75) is 83.0 Å². The molecule has 2 aromatic rings. The molecule has 30 heavy (non-hydrogen) atoms. The summed E-state index contributed by atoms with van der Waals surface area (Å²) in [6, 6.07) is 0.237.